The molecule has 29 heavy (non-hydrogen) atoms. The van der Waals surface area contributed by atoms with E-state index in [0.29, 0.717) is 34.5 Å². The lowest BCUT2D eigenvalue weighted by molar-refractivity contribution is 0.0949. The van der Waals surface area contributed by atoms with Gasteiger partial charge in [-0.05, 0) is 25.1 Å². The monoisotopic (exact) mass is 395 g/mol. The number of rotatable bonds is 7. The normalized spacial score (nSPS) is 10.3. The molecule has 3 rings (SSSR count). The molecule has 0 radical (unpaired) electrons. The molecule has 0 spiro atoms. The number of ether oxygens (including phenoxy) is 3. The molecule has 1 N–H and O–H groups in total. The van der Waals surface area contributed by atoms with Crippen molar-refractivity contribution < 1.29 is 23.4 Å². The fourth-order valence-electron chi connectivity index (χ4n) is 3.05. The van der Waals surface area contributed by atoms with Crippen molar-refractivity contribution in [3.05, 3.63) is 59.1 Å². The van der Waals surface area contributed by atoms with Gasteiger partial charge in [-0.3, -0.25) is 9.36 Å². The average Bonchev–Trinajstić information content (AvgIpc) is 3.38. The van der Waals surface area contributed by atoms with Crippen LogP contribution in [0.3, 0.4) is 0 Å². The van der Waals surface area contributed by atoms with Crippen molar-refractivity contribution in [2.24, 2.45) is 0 Å². The Hall–Kier alpha value is -3.86. The Bertz CT molecular complexity index is 1060. The van der Waals surface area contributed by atoms with Gasteiger partial charge in [-0.15, -0.1) is 0 Å². The van der Waals surface area contributed by atoms with Crippen LogP contribution in [0.4, 0.5) is 0 Å². The van der Waals surface area contributed by atoms with Crippen molar-refractivity contribution in [2.45, 2.75) is 13.5 Å². The lowest BCUT2D eigenvalue weighted by Gasteiger charge is -2.14. The van der Waals surface area contributed by atoms with Crippen molar-refractivity contribution in [2.75, 3.05) is 21.3 Å². The number of hydrogen-bond donors (Lipinski definition) is 1. The molecule has 8 nitrogen and oxygen atoms in total. The molecule has 3 aromatic rings. The Balaban J connectivity index is 1.88. The van der Waals surface area contributed by atoms with Gasteiger partial charge in [0.1, 0.15) is 28.7 Å². The fourth-order valence-corrected chi connectivity index (χ4v) is 3.05. The fraction of sp³-hybridized carbons (Fsp3) is 0.238. The number of nitrogens with one attached hydrogen (secondary N) is 1. The Morgan fingerprint density at radius 3 is 2.31 bits per heavy atom. The molecule has 0 aliphatic rings. The van der Waals surface area contributed by atoms with E-state index in [2.05, 4.69) is 11.4 Å². The molecule has 1 aromatic carbocycles. The smallest absolute Gasteiger partial charge is 0.256 e. The SMILES string of the molecule is COc1cc(OC)c(OC)cc1CNC(=O)c1c(C)oc(-n2cccc2)c1C#N. The van der Waals surface area contributed by atoms with E-state index >= 15 is 0 Å². The first-order valence-electron chi connectivity index (χ1n) is 8.77. The highest BCUT2D eigenvalue weighted by atomic mass is 16.5. The number of hydrogen-bond acceptors (Lipinski definition) is 6. The third-order valence-electron chi connectivity index (χ3n) is 4.47. The van der Waals surface area contributed by atoms with Crippen LogP contribution in [-0.2, 0) is 6.54 Å². The Morgan fingerprint density at radius 2 is 1.72 bits per heavy atom. The minimum absolute atomic E-state index is 0.163. The minimum Gasteiger partial charge on any atom is -0.496 e. The molecule has 2 aromatic heterocycles. The number of furan rings is 1. The zero-order valence-corrected chi connectivity index (χ0v) is 16.6. The third-order valence-corrected chi connectivity index (χ3v) is 4.47. The number of benzene rings is 1. The van der Waals surface area contributed by atoms with Crippen LogP contribution in [0.5, 0.6) is 17.2 Å². The number of aryl methyl sites for hydroxylation is 1. The molecular formula is C21H21N3O5. The molecular weight excluding hydrogens is 374 g/mol. The zero-order chi connectivity index (χ0) is 21.0. The molecule has 0 unspecified atom stereocenters. The molecule has 0 bridgehead atoms. The van der Waals surface area contributed by atoms with Crippen molar-refractivity contribution in [1.82, 2.24) is 9.88 Å². The summed E-state index contributed by atoms with van der Waals surface area (Å²) in [5, 5.41) is 12.4. The number of methoxy groups -OCH3 is 3. The van der Waals surface area contributed by atoms with Crippen LogP contribution in [0, 0.1) is 18.3 Å². The lowest BCUT2D eigenvalue weighted by atomic mass is 10.1. The van der Waals surface area contributed by atoms with Gasteiger partial charge in [-0.25, -0.2) is 0 Å². The van der Waals surface area contributed by atoms with Crippen LogP contribution in [0.1, 0.15) is 27.2 Å². The largest absolute Gasteiger partial charge is 0.496 e. The quantitative estimate of drug-likeness (QED) is 0.660. The van der Waals surface area contributed by atoms with Crippen LogP contribution in [0.15, 0.2) is 41.1 Å². The highest BCUT2D eigenvalue weighted by Crippen LogP contribution is 2.34. The number of carbonyl (C=O) groups excluding carboxylic acids is 1. The third kappa shape index (κ3) is 3.75. The van der Waals surface area contributed by atoms with E-state index in [0.717, 1.165) is 0 Å². The molecule has 1 amide bonds. The Labute approximate surface area is 168 Å². The van der Waals surface area contributed by atoms with Crippen molar-refractivity contribution in [3.63, 3.8) is 0 Å². The maximum absolute atomic E-state index is 12.9. The van der Waals surface area contributed by atoms with E-state index < -0.39 is 5.91 Å². The van der Waals surface area contributed by atoms with E-state index in [9.17, 15) is 10.1 Å². The van der Waals surface area contributed by atoms with E-state index in [4.69, 9.17) is 18.6 Å². The van der Waals surface area contributed by atoms with Gasteiger partial charge in [-0.2, -0.15) is 5.26 Å². The lowest BCUT2D eigenvalue weighted by Crippen LogP contribution is -2.24. The second-order valence-electron chi connectivity index (χ2n) is 6.12. The number of aromatic nitrogens is 1. The summed E-state index contributed by atoms with van der Waals surface area (Å²) in [7, 11) is 4.60. The molecule has 0 saturated carbocycles. The summed E-state index contributed by atoms with van der Waals surface area (Å²) in [6.45, 7) is 1.82. The predicted octanol–water partition coefficient (Wildman–Crippen LogP) is 3.21. The highest BCUT2D eigenvalue weighted by Gasteiger charge is 2.24. The molecule has 2 heterocycles. The average molecular weight is 395 g/mol. The molecule has 150 valence electrons. The molecule has 0 fully saturated rings. The van der Waals surface area contributed by atoms with Gasteiger partial charge in [-0.1, -0.05) is 0 Å². The maximum atomic E-state index is 12.9. The summed E-state index contributed by atoms with van der Waals surface area (Å²) in [4.78, 5) is 12.9. The predicted molar refractivity (Wildman–Crippen MR) is 105 cm³/mol. The van der Waals surface area contributed by atoms with Crippen molar-refractivity contribution in [3.8, 4) is 29.2 Å². The number of amides is 1. The molecule has 8 heteroatoms. The van der Waals surface area contributed by atoms with Gasteiger partial charge in [0.15, 0.2) is 11.5 Å². The molecule has 0 aliphatic carbocycles. The van der Waals surface area contributed by atoms with Crippen LogP contribution < -0.4 is 19.5 Å². The summed E-state index contributed by atoms with van der Waals surface area (Å²) in [6, 6.07) is 9.11. The van der Waals surface area contributed by atoms with Crippen LogP contribution >= 0.6 is 0 Å². The van der Waals surface area contributed by atoms with Crippen molar-refractivity contribution >= 4 is 5.91 Å². The first-order valence-corrected chi connectivity index (χ1v) is 8.77. The number of carbonyl (C=O) groups is 1. The highest BCUT2D eigenvalue weighted by molar-refractivity contribution is 5.98. The Kier molecular flexibility index (Phi) is 5.79. The van der Waals surface area contributed by atoms with Gasteiger partial charge < -0.3 is 23.9 Å². The minimum atomic E-state index is -0.418. The van der Waals surface area contributed by atoms with Crippen LogP contribution in [0.2, 0.25) is 0 Å². The van der Waals surface area contributed by atoms with Gasteiger partial charge >= 0.3 is 0 Å². The molecule has 0 saturated heterocycles. The summed E-state index contributed by atoms with van der Waals surface area (Å²) in [6.07, 6.45) is 3.49. The standard InChI is InChI=1S/C21H21N3O5/c1-13-19(15(11-22)21(29-13)24-7-5-6-8-24)20(25)23-12-14-9-17(27-3)18(28-4)10-16(14)26-2/h5-10H,12H2,1-4H3,(H,23,25). The van der Waals surface area contributed by atoms with Gasteiger partial charge in [0.2, 0.25) is 5.88 Å². The maximum Gasteiger partial charge on any atom is 0.256 e. The van der Waals surface area contributed by atoms with Crippen molar-refractivity contribution in [1.29, 1.82) is 5.26 Å². The van der Waals surface area contributed by atoms with E-state index in [1.807, 2.05) is 12.1 Å². The van der Waals surface area contributed by atoms with E-state index in [1.54, 1.807) is 36.0 Å². The zero-order valence-electron chi connectivity index (χ0n) is 16.6. The van der Waals surface area contributed by atoms with Crippen LogP contribution in [-0.4, -0.2) is 31.8 Å². The molecule has 0 aliphatic heterocycles. The summed E-state index contributed by atoms with van der Waals surface area (Å²) in [5.41, 5.74) is 1.08. The number of nitrogens with zero attached hydrogens (tertiary/aromatic N) is 2. The second kappa shape index (κ2) is 8.44. The number of nitriles is 1. The van der Waals surface area contributed by atoms with Gasteiger partial charge in [0.05, 0.1) is 21.3 Å². The summed E-state index contributed by atoms with van der Waals surface area (Å²) in [5.74, 6) is 1.84. The van der Waals surface area contributed by atoms with Gasteiger partial charge in [0, 0.05) is 30.6 Å². The Morgan fingerprint density at radius 1 is 1.10 bits per heavy atom. The first kappa shape index (κ1) is 19.9. The summed E-state index contributed by atoms with van der Waals surface area (Å²) < 4.78 is 23.3. The topological polar surface area (TPSA) is 98.7 Å². The summed E-state index contributed by atoms with van der Waals surface area (Å²) >= 11 is 0. The van der Waals surface area contributed by atoms with E-state index in [1.165, 1.54) is 21.3 Å². The molecule has 0 atom stereocenters. The van der Waals surface area contributed by atoms with Gasteiger partial charge in [0.25, 0.3) is 5.91 Å². The van der Waals surface area contributed by atoms with Crippen LogP contribution in [0.25, 0.3) is 5.88 Å². The van der Waals surface area contributed by atoms with E-state index in [-0.39, 0.29) is 17.7 Å². The second-order valence-corrected chi connectivity index (χ2v) is 6.12. The first-order chi connectivity index (χ1) is 14.0.